The maximum atomic E-state index is 12.1. The lowest BCUT2D eigenvalue weighted by atomic mass is 10.1. The number of carbonyl (C=O) groups is 4. The molecule has 2 amide bonds. The SMILES string of the molecule is CCOC(=O)c1c(C)oc(NC(=O)COC(=O)Cc2ccc(C)cc2)c1C(N)=O. The van der Waals surface area contributed by atoms with Crippen LogP contribution in [0.25, 0.3) is 0 Å². The Morgan fingerprint density at radius 3 is 2.28 bits per heavy atom. The van der Waals surface area contributed by atoms with Gasteiger partial charge in [0.25, 0.3) is 11.8 Å². The predicted octanol–water partition coefficient (Wildman–Crippen LogP) is 1.90. The molecule has 0 fully saturated rings. The third-order valence-corrected chi connectivity index (χ3v) is 3.90. The summed E-state index contributed by atoms with van der Waals surface area (Å²) in [6.45, 7) is 4.44. The summed E-state index contributed by atoms with van der Waals surface area (Å²) in [6.07, 6.45) is 0.00691. The average molecular weight is 402 g/mol. The maximum absolute atomic E-state index is 12.1. The molecule has 0 bridgehead atoms. The van der Waals surface area contributed by atoms with E-state index in [0.29, 0.717) is 0 Å². The minimum Gasteiger partial charge on any atom is -0.462 e. The number of nitrogens with one attached hydrogen (secondary N) is 1. The number of furan rings is 1. The molecule has 2 aromatic rings. The summed E-state index contributed by atoms with van der Waals surface area (Å²) in [4.78, 5) is 47.8. The Kier molecular flexibility index (Phi) is 7.13. The van der Waals surface area contributed by atoms with Gasteiger partial charge in [-0.05, 0) is 26.3 Å². The minimum atomic E-state index is -0.975. The molecule has 0 unspecified atom stereocenters. The Labute approximate surface area is 167 Å². The number of rotatable bonds is 8. The Balaban J connectivity index is 2.02. The molecule has 0 spiro atoms. The summed E-state index contributed by atoms with van der Waals surface area (Å²) in [5, 5.41) is 2.29. The number of anilines is 1. The number of hydrogen-bond donors (Lipinski definition) is 2. The summed E-state index contributed by atoms with van der Waals surface area (Å²) >= 11 is 0. The van der Waals surface area contributed by atoms with E-state index >= 15 is 0 Å². The fourth-order valence-electron chi connectivity index (χ4n) is 2.55. The highest BCUT2D eigenvalue weighted by molar-refractivity contribution is 6.10. The minimum absolute atomic E-state index is 0.00691. The van der Waals surface area contributed by atoms with Gasteiger partial charge < -0.3 is 19.6 Å². The van der Waals surface area contributed by atoms with Crippen molar-refractivity contribution in [2.45, 2.75) is 27.2 Å². The standard InChI is InChI=1S/C20H22N2O7/c1-4-27-20(26)16-12(3)29-19(17(16)18(21)25)22-14(23)10-28-15(24)9-13-7-5-11(2)6-8-13/h5-8H,4,9-10H2,1-3H3,(H2,21,25)(H,22,23). The molecule has 0 atom stereocenters. The molecule has 0 aliphatic carbocycles. The molecule has 9 nitrogen and oxygen atoms in total. The van der Waals surface area contributed by atoms with Gasteiger partial charge in [-0.1, -0.05) is 29.8 Å². The van der Waals surface area contributed by atoms with Crippen molar-refractivity contribution >= 4 is 29.6 Å². The molecule has 3 N–H and O–H groups in total. The predicted molar refractivity (Wildman–Crippen MR) is 102 cm³/mol. The summed E-state index contributed by atoms with van der Waals surface area (Å²) in [5.41, 5.74) is 6.65. The van der Waals surface area contributed by atoms with Crippen LogP contribution in [0.4, 0.5) is 5.88 Å². The number of nitrogens with two attached hydrogens (primary N) is 1. The smallest absolute Gasteiger partial charge is 0.342 e. The first-order valence-corrected chi connectivity index (χ1v) is 8.84. The van der Waals surface area contributed by atoms with E-state index in [1.165, 1.54) is 6.92 Å². The van der Waals surface area contributed by atoms with Crippen molar-refractivity contribution in [3.05, 3.63) is 52.3 Å². The monoisotopic (exact) mass is 402 g/mol. The van der Waals surface area contributed by atoms with Crippen LogP contribution in [-0.2, 0) is 25.5 Å². The summed E-state index contributed by atoms with van der Waals surface area (Å²) in [5.74, 6) is -3.37. The summed E-state index contributed by atoms with van der Waals surface area (Å²) in [6, 6.07) is 7.30. The van der Waals surface area contributed by atoms with E-state index in [-0.39, 0.29) is 35.8 Å². The molecule has 0 aliphatic heterocycles. The first-order chi connectivity index (χ1) is 13.7. The quantitative estimate of drug-likeness (QED) is 0.643. The van der Waals surface area contributed by atoms with Gasteiger partial charge >= 0.3 is 11.9 Å². The zero-order valence-electron chi connectivity index (χ0n) is 16.4. The van der Waals surface area contributed by atoms with Gasteiger partial charge in [0.15, 0.2) is 6.61 Å². The van der Waals surface area contributed by atoms with Crippen molar-refractivity contribution in [1.82, 2.24) is 0 Å². The zero-order valence-corrected chi connectivity index (χ0v) is 16.4. The highest BCUT2D eigenvalue weighted by Crippen LogP contribution is 2.27. The number of esters is 2. The van der Waals surface area contributed by atoms with Gasteiger partial charge in [-0.3, -0.25) is 19.7 Å². The molecule has 0 aliphatic rings. The Morgan fingerprint density at radius 2 is 1.69 bits per heavy atom. The molecular formula is C20H22N2O7. The van der Waals surface area contributed by atoms with E-state index < -0.39 is 30.4 Å². The van der Waals surface area contributed by atoms with E-state index in [9.17, 15) is 19.2 Å². The Hall–Kier alpha value is -3.62. The molecule has 1 heterocycles. The summed E-state index contributed by atoms with van der Waals surface area (Å²) < 4.78 is 15.1. The molecule has 0 radical (unpaired) electrons. The number of hydrogen-bond acceptors (Lipinski definition) is 7. The molecule has 1 aromatic carbocycles. The zero-order chi connectivity index (χ0) is 21.6. The number of ether oxygens (including phenoxy) is 2. The molecule has 9 heteroatoms. The normalized spacial score (nSPS) is 10.3. The van der Waals surface area contributed by atoms with Crippen molar-refractivity contribution < 1.29 is 33.1 Å². The second-order valence-corrected chi connectivity index (χ2v) is 6.19. The number of amides is 2. The van der Waals surface area contributed by atoms with Crippen LogP contribution >= 0.6 is 0 Å². The first-order valence-electron chi connectivity index (χ1n) is 8.84. The average Bonchev–Trinajstić information content (AvgIpc) is 2.98. The van der Waals surface area contributed by atoms with E-state index in [4.69, 9.17) is 19.6 Å². The van der Waals surface area contributed by atoms with Gasteiger partial charge in [0.05, 0.1) is 13.0 Å². The number of benzene rings is 1. The van der Waals surface area contributed by atoms with Crippen molar-refractivity contribution in [2.75, 3.05) is 18.5 Å². The first kappa shape index (κ1) is 21.7. The lowest BCUT2D eigenvalue weighted by molar-refractivity contribution is -0.146. The van der Waals surface area contributed by atoms with Crippen LogP contribution in [0.5, 0.6) is 0 Å². The van der Waals surface area contributed by atoms with Gasteiger partial charge in [0, 0.05) is 0 Å². The van der Waals surface area contributed by atoms with Crippen molar-refractivity contribution in [1.29, 1.82) is 0 Å². The van der Waals surface area contributed by atoms with Crippen LogP contribution in [0, 0.1) is 13.8 Å². The van der Waals surface area contributed by atoms with Gasteiger partial charge in [-0.2, -0.15) is 0 Å². The molecule has 154 valence electrons. The highest BCUT2D eigenvalue weighted by atomic mass is 16.5. The molecule has 29 heavy (non-hydrogen) atoms. The van der Waals surface area contributed by atoms with Crippen LogP contribution in [0.2, 0.25) is 0 Å². The van der Waals surface area contributed by atoms with E-state index in [1.807, 2.05) is 19.1 Å². The number of aryl methyl sites for hydroxylation is 2. The van der Waals surface area contributed by atoms with Crippen LogP contribution in [0.3, 0.4) is 0 Å². The van der Waals surface area contributed by atoms with Crippen LogP contribution < -0.4 is 11.1 Å². The Morgan fingerprint density at radius 1 is 1.03 bits per heavy atom. The van der Waals surface area contributed by atoms with Crippen LogP contribution in [0.15, 0.2) is 28.7 Å². The van der Waals surface area contributed by atoms with Crippen molar-refractivity contribution in [3.63, 3.8) is 0 Å². The number of primary amides is 1. The molecule has 0 saturated carbocycles. The van der Waals surface area contributed by atoms with E-state index in [2.05, 4.69) is 5.32 Å². The topological polar surface area (TPSA) is 138 Å². The molecular weight excluding hydrogens is 380 g/mol. The van der Waals surface area contributed by atoms with E-state index in [0.717, 1.165) is 11.1 Å². The van der Waals surface area contributed by atoms with Crippen LogP contribution in [-0.4, -0.2) is 37.0 Å². The highest BCUT2D eigenvalue weighted by Gasteiger charge is 2.29. The Bertz CT molecular complexity index is 929. The third-order valence-electron chi connectivity index (χ3n) is 3.90. The second kappa shape index (κ2) is 9.54. The fourth-order valence-corrected chi connectivity index (χ4v) is 2.55. The van der Waals surface area contributed by atoms with Crippen molar-refractivity contribution in [3.8, 4) is 0 Å². The fraction of sp³-hybridized carbons (Fsp3) is 0.300. The molecule has 0 saturated heterocycles. The molecule has 2 rings (SSSR count). The van der Waals surface area contributed by atoms with Gasteiger partial charge in [-0.25, -0.2) is 4.79 Å². The van der Waals surface area contributed by atoms with Gasteiger partial charge in [0.2, 0.25) is 5.88 Å². The number of carbonyl (C=O) groups excluding carboxylic acids is 4. The molecule has 1 aromatic heterocycles. The maximum Gasteiger partial charge on any atom is 0.342 e. The van der Waals surface area contributed by atoms with Crippen molar-refractivity contribution in [2.24, 2.45) is 5.73 Å². The lowest BCUT2D eigenvalue weighted by Gasteiger charge is -2.06. The van der Waals surface area contributed by atoms with E-state index in [1.54, 1.807) is 19.1 Å². The second-order valence-electron chi connectivity index (χ2n) is 6.19. The van der Waals surface area contributed by atoms with Crippen LogP contribution in [0.1, 0.15) is 44.5 Å². The van der Waals surface area contributed by atoms with Gasteiger partial charge in [-0.15, -0.1) is 0 Å². The van der Waals surface area contributed by atoms with Gasteiger partial charge in [0.1, 0.15) is 16.9 Å². The third kappa shape index (κ3) is 5.68. The lowest BCUT2D eigenvalue weighted by Crippen LogP contribution is -2.24. The largest absolute Gasteiger partial charge is 0.462 e. The summed E-state index contributed by atoms with van der Waals surface area (Å²) in [7, 11) is 0.